The third kappa shape index (κ3) is 6.50. The highest BCUT2D eigenvalue weighted by atomic mass is 35.5. The molecule has 0 spiro atoms. The van der Waals surface area contributed by atoms with Crippen LogP contribution in [0.3, 0.4) is 0 Å². The Bertz CT molecular complexity index is 2270. The molecule has 0 bridgehead atoms. The van der Waals surface area contributed by atoms with Crippen LogP contribution in [0, 0.1) is 5.82 Å². The maximum atomic E-state index is 15.7. The van der Waals surface area contributed by atoms with Crippen molar-refractivity contribution >= 4 is 52.5 Å². The largest absolute Gasteiger partial charge is 0.498 e. The van der Waals surface area contributed by atoms with Crippen LogP contribution in [-0.4, -0.2) is 110 Å². The monoisotopic (exact) mass is 782 g/mol. The summed E-state index contributed by atoms with van der Waals surface area (Å²) in [6, 6.07) is 5.78. The number of H-pyrrole nitrogens is 1. The Balaban J connectivity index is 0.889. The predicted octanol–water partition coefficient (Wildman–Crippen LogP) is 5.87. The van der Waals surface area contributed by atoms with Gasteiger partial charge in [0.15, 0.2) is 0 Å². The summed E-state index contributed by atoms with van der Waals surface area (Å²) in [4.78, 5) is 30.3. The molecule has 1 aromatic carbocycles. The summed E-state index contributed by atoms with van der Waals surface area (Å²) >= 11 is 7.02. The molecular formula is C40H49BClFN10O3. The molecule has 0 atom stereocenters. The topological polar surface area (TPSA) is 113 Å². The number of rotatable bonds is 7. The highest BCUT2D eigenvalue weighted by molar-refractivity contribution is 6.62. The van der Waals surface area contributed by atoms with Gasteiger partial charge < -0.3 is 24.1 Å². The number of amides is 1. The Hall–Kier alpha value is -4.28. The van der Waals surface area contributed by atoms with E-state index in [0.717, 1.165) is 85.2 Å². The molecule has 0 aliphatic carbocycles. The smallest absolute Gasteiger partial charge is 0.399 e. The summed E-state index contributed by atoms with van der Waals surface area (Å²) < 4.78 is 32.3. The van der Waals surface area contributed by atoms with Crippen molar-refractivity contribution in [3.05, 3.63) is 71.2 Å². The summed E-state index contributed by atoms with van der Waals surface area (Å²) in [5.74, 6) is -0.887. The third-order valence-corrected chi connectivity index (χ3v) is 13.1. The van der Waals surface area contributed by atoms with Crippen molar-refractivity contribution in [2.75, 3.05) is 56.7 Å². The lowest BCUT2D eigenvalue weighted by Crippen LogP contribution is -2.46. The number of likely N-dealkylation sites (tertiary alicyclic amines) is 2. The van der Waals surface area contributed by atoms with Crippen LogP contribution < -0.4 is 15.3 Å². The fourth-order valence-corrected chi connectivity index (χ4v) is 8.89. The molecule has 56 heavy (non-hydrogen) atoms. The van der Waals surface area contributed by atoms with Crippen molar-refractivity contribution in [2.45, 2.75) is 83.2 Å². The number of halogens is 2. The Morgan fingerprint density at radius 2 is 1.57 bits per heavy atom. The van der Waals surface area contributed by atoms with E-state index in [2.05, 4.69) is 42.8 Å². The minimum atomic E-state index is -0.543. The SMILES string of the molecule is CN1CCC(n2cc(-c3cc4c5c(cnc4[nH]3)C(=O)N(c3c(F)ccc(CN4CCC(n6cc(B7OC(C)(C)C(C)(C)O7)cn6)CC4)c3Cl)CN5C)cn2)CC1. The third-order valence-electron chi connectivity index (χ3n) is 12.7. The number of benzene rings is 1. The number of hydrogen-bond acceptors (Lipinski definition) is 9. The quantitative estimate of drug-likeness (QED) is 0.203. The molecule has 8 heterocycles. The van der Waals surface area contributed by atoms with E-state index < -0.39 is 24.1 Å². The number of carbonyl (C=O) groups is 1. The van der Waals surface area contributed by atoms with Crippen molar-refractivity contribution in [3.8, 4) is 11.3 Å². The lowest BCUT2D eigenvalue weighted by molar-refractivity contribution is 0.00578. The molecule has 294 valence electrons. The number of aromatic nitrogens is 6. The Morgan fingerprint density at radius 3 is 2.29 bits per heavy atom. The van der Waals surface area contributed by atoms with E-state index in [1.54, 1.807) is 12.3 Å². The average molecular weight is 783 g/mol. The predicted molar refractivity (Wildman–Crippen MR) is 216 cm³/mol. The van der Waals surface area contributed by atoms with Crippen LogP contribution in [0.1, 0.15) is 81.4 Å². The number of pyridine rings is 1. The summed E-state index contributed by atoms with van der Waals surface area (Å²) in [6.07, 6.45) is 13.3. The molecule has 3 saturated heterocycles. The second-order valence-corrected chi connectivity index (χ2v) is 17.4. The van der Waals surface area contributed by atoms with Gasteiger partial charge in [0.2, 0.25) is 0 Å². The van der Waals surface area contributed by atoms with E-state index in [-0.39, 0.29) is 29.3 Å². The van der Waals surface area contributed by atoms with Crippen LogP contribution in [0.15, 0.2) is 49.2 Å². The second kappa shape index (κ2) is 14.0. The van der Waals surface area contributed by atoms with Crippen LogP contribution in [0.4, 0.5) is 15.8 Å². The molecule has 0 unspecified atom stereocenters. The normalized spacial score (nSPS) is 21.1. The molecule has 4 aliphatic heterocycles. The molecule has 0 saturated carbocycles. The zero-order valence-electron chi connectivity index (χ0n) is 32.9. The molecule has 13 nitrogen and oxygen atoms in total. The number of piperidine rings is 2. The summed E-state index contributed by atoms with van der Waals surface area (Å²) in [6.45, 7) is 12.6. The van der Waals surface area contributed by atoms with Gasteiger partial charge in [-0.05, 0) is 91.2 Å². The number of hydrogen-bond donors (Lipinski definition) is 1. The van der Waals surface area contributed by atoms with E-state index in [9.17, 15) is 4.79 Å². The van der Waals surface area contributed by atoms with Gasteiger partial charge in [-0.15, -0.1) is 0 Å². The van der Waals surface area contributed by atoms with E-state index >= 15 is 4.39 Å². The first-order valence-corrected chi connectivity index (χ1v) is 20.0. The second-order valence-electron chi connectivity index (χ2n) is 17.0. The van der Waals surface area contributed by atoms with Crippen molar-refractivity contribution < 1.29 is 18.5 Å². The van der Waals surface area contributed by atoms with Gasteiger partial charge in [-0.1, -0.05) is 17.7 Å². The van der Waals surface area contributed by atoms with Crippen molar-refractivity contribution in [1.29, 1.82) is 0 Å². The van der Waals surface area contributed by atoms with Gasteiger partial charge in [0.25, 0.3) is 5.91 Å². The first-order chi connectivity index (χ1) is 26.8. The van der Waals surface area contributed by atoms with Crippen LogP contribution in [0.25, 0.3) is 22.3 Å². The first-order valence-electron chi connectivity index (χ1n) is 19.6. The van der Waals surface area contributed by atoms with Crippen LogP contribution in [0.2, 0.25) is 5.02 Å². The summed E-state index contributed by atoms with van der Waals surface area (Å²) in [5, 5.41) is 10.4. The highest BCUT2D eigenvalue weighted by Gasteiger charge is 2.52. The van der Waals surface area contributed by atoms with Crippen molar-refractivity contribution in [3.63, 3.8) is 0 Å². The van der Waals surface area contributed by atoms with Gasteiger partial charge in [-0.2, -0.15) is 10.2 Å². The lowest BCUT2D eigenvalue weighted by atomic mass is 9.82. The molecule has 16 heteroatoms. The average Bonchev–Trinajstić information content (AvgIpc) is 3.98. The maximum Gasteiger partial charge on any atom is 0.498 e. The maximum absolute atomic E-state index is 15.7. The molecular weight excluding hydrogens is 734 g/mol. The zero-order valence-corrected chi connectivity index (χ0v) is 33.7. The minimum Gasteiger partial charge on any atom is -0.399 e. The van der Waals surface area contributed by atoms with Crippen LogP contribution >= 0.6 is 11.6 Å². The van der Waals surface area contributed by atoms with Gasteiger partial charge in [0.05, 0.1) is 58.1 Å². The lowest BCUT2D eigenvalue weighted by Gasteiger charge is -2.37. The fraction of sp³-hybridized carbons (Fsp3) is 0.500. The van der Waals surface area contributed by atoms with Gasteiger partial charge in [0.1, 0.15) is 17.2 Å². The number of nitrogens with one attached hydrogen (secondary N) is 1. The standard InChI is InChI=1S/C40H49BClFN10O3/c1-39(2)40(3,4)56-41(55-39)27-19-46-53(23-27)29-11-15-50(16-12-29)21-25-7-8-32(43)36(34(25)42)51-24-49(6)35-30-17-33(47-37(30)44-20-31(35)38(51)54)26-18-45-52(22-26)28-9-13-48(5)14-10-28/h7-8,17-20,22-23,28-29H,9-16,21,24H2,1-6H3,(H,44,47). The number of aromatic amines is 1. The van der Waals surface area contributed by atoms with Gasteiger partial charge in [-0.25, -0.2) is 9.37 Å². The first kappa shape index (κ1) is 37.3. The molecule has 5 aromatic rings. The Kier molecular flexibility index (Phi) is 9.31. The number of fused-ring (bicyclic) bond motifs is 3. The number of carbonyl (C=O) groups excluding carboxylic acids is 1. The Morgan fingerprint density at radius 1 is 0.911 bits per heavy atom. The molecule has 9 rings (SSSR count). The van der Waals surface area contributed by atoms with Gasteiger partial charge >= 0.3 is 7.12 Å². The molecule has 4 aliphatic rings. The van der Waals surface area contributed by atoms with Crippen LogP contribution in [-0.2, 0) is 15.9 Å². The van der Waals surface area contributed by atoms with E-state index in [1.807, 2.05) is 69.0 Å². The van der Waals surface area contributed by atoms with E-state index in [0.29, 0.717) is 23.8 Å². The molecule has 3 fully saturated rings. The van der Waals surface area contributed by atoms with Gasteiger partial charge in [0, 0.05) is 67.9 Å². The fourth-order valence-electron chi connectivity index (χ4n) is 8.57. The van der Waals surface area contributed by atoms with Gasteiger partial charge in [-0.3, -0.25) is 24.0 Å². The zero-order chi connectivity index (χ0) is 39.1. The van der Waals surface area contributed by atoms with E-state index in [4.69, 9.17) is 26.0 Å². The molecule has 1 N–H and O–H groups in total. The molecule has 4 aromatic heterocycles. The number of anilines is 2. The minimum absolute atomic E-state index is 0.0875. The molecule has 0 radical (unpaired) electrons. The van der Waals surface area contributed by atoms with Crippen LogP contribution in [0.5, 0.6) is 0 Å². The Labute approximate surface area is 331 Å². The highest BCUT2D eigenvalue weighted by Crippen LogP contribution is 2.41. The summed E-state index contributed by atoms with van der Waals surface area (Å²) in [7, 11) is 3.61. The molecule has 1 amide bonds. The number of nitrogens with zero attached hydrogens (tertiary/aromatic N) is 9. The van der Waals surface area contributed by atoms with Crippen molar-refractivity contribution in [1.82, 2.24) is 39.3 Å². The summed E-state index contributed by atoms with van der Waals surface area (Å²) in [5.41, 5.74) is 4.61. The van der Waals surface area contributed by atoms with E-state index in [1.165, 1.54) is 11.0 Å². The van der Waals surface area contributed by atoms with Crippen molar-refractivity contribution in [2.24, 2.45) is 0 Å².